The van der Waals surface area contributed by atoms with Crippen LogP contribution in [0.15, 0.2) is 36.7 Å². The molecule has 1 fully saturated rings. The minimum atomic E-state index is -0.318. The summed E-state index contributed by atoms with van der Waals surface area (Å²) in [5.74, 6) is 1.03. The van der Waals surface area contributed by atoms with E-state index in [9.17, 15) is 4.79 Å². The molecule has 0 aromatic carbocycles. The van der Waals surface area contributed by atoms with Gasteiger partial charge in [-0.2, -0.15) is 5.10 Å². The van der Waals surface area contributed by atoms with E-state index in [1.54, 1.807) is 23.1 Å². The second-order valence-corrected chi connectivity index (χ2v) is 6.26. The Bertz CT molecular complexity index is 928. The number of nitrogens with two attached hydrogens (primary N) is 1. The summed E-state index contributed by atoms with van der Waals surface area (Å²) in [6.45, 7) is 1.45. The van der Waals surface area contributed by atoms with E-state index in [2.05, 4.69) is 15.4 Å². The lowest BCUT2D eigenvalue weighted by molar-refractivity contribution is -0.114. The molecular formula is C17H18N6O. The van der Waals surface area contributed by atoms with Crippen LogP contribution in [0.2, 0.25) is 0 Å². The average Bonchev–Trinajstić information content (AvgIpc) is 2.95. The Morgan fingerprint density at radius 2 is 2.17 bits per heavy atom. The number of amides is 1. The molecule has 3 N–H and O–H groups in total. The molecule has 0 saturated heterocycles. The standard InChI is InChI=1S/C17H18N6O/c1-11(24)21-15-8-13-12(9-19-15)10-20-23(13)16-5-2-4-14(22-16)17(18)6-3-7-17/h2,4-5,8-10H,3,6-7,18H2,1H3,(H,19,21,24). The highest BCUT2D eigenvalue weighted by atomic mass is 16.1. The zero-order valence-electron chi connectivity index (χ0n) is 13.4. The number of hydrogen-bond donors (Lipinski definition) is 2. The summed E-state index contributed by atoms with van der Waals surface area (Å²) in [5, 5.41) is 7.98. The molecule has 0 bridgehead atoms. The van der Waals surface area contributed by atoms with Crippen LogP contribution in [0.1, 0.15) is 31.9 Å². The van der Waals surface area contributed by atoms with Crippen LogP contribution in [0, 0.1) is 0 Å². The molecule has 4 rings (SSSR count). The Morgan fingerprint density at radius 3 is 2.88 bits per heavy atom. The molecule has 0 atom stereocenters. The van der Waals surface area contributed by atoms with Crippen LogP contribution in [0.25, 0.3) is 16.7 Å². The minimum absolute atomic E-state index is 0.164. The molecule has 0 spiro atoms. The third-order valence-electron chi connectivity index (χ3n) is 4.46. The maximum absolute atomic E-state index is 11.2. The van der Waals surface area contributed by atoms with E-state index in [0.29, 0.717) is 11.6 Å². The molecule has 0 radical (unpaired) electrons. The Labute approximate surface area is 138 Å². The Morgan fingerprint density at radius 1 is 1.33 bits per heavy atom. The lowest BCUT2D eigenvalue weighted by Crippen LogP contribution is -2.44. The van der Waals surface area contributed by atoms with Gasteiger partial charge in [0.05, 0.1) is 22.9 Å². The highest BCUT2D eigenvalue weighted by Crippen LogP contribution is 2.37. The van der Waals surface area contributed by atoms with Crippen molar-refractivity contribution in [1.29, 1.82) is 0 Å². The fraction of sp³-hybridized carbons (Fsp3) is 0.294. The van der Waals surface area contributed by atoms with Gasteiger partial charge in [-0.15, -0.1) is 0 Å². The van der Waals surface area contributed by atoms with Gasteiger partial charge in [0.25, 0.3) is 0 Å². The van der Waals surface area contributed by atoms with Gasteiger partial charge in [0.1, 0.15) is 5.82 Å². The molecule has 24 heavy (non-hydrogen) atoms. The second-order valence-electron chi connectivity index (χ2n) is 6.26. The maximum Gasteiger partial charge on any atom is 0.222 e. The van der Waals surface area contributed by atoms with Gasteiger partial charge in [-0.05, 0) is 31.4 Å². The molecule has 3 aromatic heterocycles. The molecule has 1 saturated carbocycles. The van der Waals surface area contributed by atoms with Crippen molar-refractivity contribution in [3.63, 3.8) is 0 Å². The zero-order valence-corrected chi connectivity index (χ0v) is 13.4. The van der Waals surface area contributed by atoms with Gasteiger partial charge in [-0.25, -0.2) is 14.6 Å². The minimum Gasteiger partial charge on any atom is -0.320 e. The number of nitrogens with one attached hydrogen (secondary N) is 1. The van der Waals surface area contributed by atoms with E-state index in [1.807, 2.05) is 18.2 Å². The highest BCUT2D eigenvalue weighted by Gasteiger charge is 2.35. The van der Waals surface area contributed by atoms with E-state index < -0.39 is 0 Å². The van der Waals surface area contributed by atoms with Crippen molar-refractivity contribution < 1.29 is 4.79 Å². The smallest absolute Gasteiger partial charge is 0.222 e. The fourth-order valence-electron chi connectivity index (χ4n) is 2.98. The molecular weight excluding hydrogens is 304 g/mol. The molecule has 3 heterocycles. The lowest BCUT2D eigenvalue weighted by atomic mass is 9.75. The number of hydrogen-bond acceptors (Lipinski definition) is 5. The van der Waals surface area contributed by atoms with Crippen LogP contribution in [0.4, 0.5) is 5.82 Å². The molecule has 122 valence electrons. The lowest BCUT2D eigenvalue weighted by Gasteiger charge is -2.37. The van der Waals surface area contributed by atoms with Crippen molar-refractivity contribution in [2.45, 2.75) is 31.7 Å². The third kappa shape index (κ3) is 2.43. The van der Waals surface area contributed by atoms with Crippen molar-refractivity contribution >= 4 is 22.6 Å². The molecule has 1 amide bonds. The number of pyridine rings is 2. The molecule has 7 heteroatoms. The van der Waals surface area contributed by atoms with Gasteiger partial charge in [-0.1, -0.05) is 6.07 Å². The predicted octanol–water partition coefficient (Wildman–Crippen LogP) is 2.11. The molecule has 3 aromatic rings. The van der Waals surface area contributed by atoms with E-state index in [4.69, 9.17) is 10.7 Å². The third-order valence-corrected chi connectivity index (χ3v) is 4.46. The van der Waals surface area contributed by atoms with E-state index in [0.717, 1.165) is 35.9 Å². The first-order chi connectivity index (χ1) is 11.5. The van der Waals surface area contributed by atoms with Crippen LogP contribution in [0.3, 0.4) is 0 Å². The second kappa shape index (κ2) is 5.38. The van der Waals surface area contributed by atoms with Crippen molar-refractivity contribution in [2.75, 3.05) is 5.32 Å². The number of anilines is 1. The van der Waals surface area contributed by atoms with Crippen molar-refractivity contribution in [3.8, 4) is 5.82 Å². The summed E-state index contributed by atoms with van der Waals surface area (Å²) in [5.41, 5.74) is 7.80. The van der Waals surface area contributed by atoms with Crippen LogP contribution >= 0.6 is 0 Å². The van der Waals surface area contributed by atoms with Gasteiger partial charge in [0.15, 0.2) is 5.82 Å². The van der Waals surface area contributed by atoms with Gasteiger partial charge in [0, 0.05) is 24.6 Å². The normalized spacial score (nSPS) is 15.9. The van der Waals surface area contributed by atoms with Crippen molar-refractivity contribution in [2.24, 2.45) is 5.73 Å². The SMILES string of the molecule is CC(=O)Nc1cc2c(cn1)cnn2-c1cccc(C2(N)CCC2)n1. The van der Waals surface area contributed by atoms with Gasteiger partial charge in [-0.3, -0.25) is 4.79 Å². The molecule has 0 unspecified atom stereocenters. The van der Waals surface area contributed by atoms with Crippen LogP contribution in [0.5, 0.6) is 0 Å². The number of carbonyl (C=O) groups excluding carboxylic acids is 1. The van der Waals surface area contributed by atoms with E-state index >= 15 is 0 Å². The average molecular weight is 322 g/mol. The van der Waals surface area contributed by atoms with E-state index in [-0.39, 0.29) is 11.4 Å². The number of fused-ring (bicyclic) bond motifs is 1. The monoisotopic (exact) mass is 322 g/mol. The van der Waals surface area contributed by atoms with E-state index in [1.165, 1.54) is 6.92 Å². The van der Waals surface area contributed by atoms with Crippen LogP contribution in [-0.2, 0) is 10.3 Å². The first-order valence-electron chi connectivity index (χ1n) is 7.93. The number of rotatable bonds is 3. The Kier molecular flexibility index (Phi) is 3.31. The predicted molar refractivity (Wildman–Crippen MR) is 90.7 cm³/mol. The van der Waals surface area contributed by atoms with Gasteiger partial charge < -0.3 is 11.1 Å². The quantitative estimate of drug-likeness (QED) is 0.769. The van der Waals surface area contributed by atoms with Crippen molar-refractivity contribution in [3.05, 3.63) is 42.4 Å². The molecule has 0 aliphatic heterocycles. The largest absolute Gasteiger partial charge is 0.320 e. The maximum atomic E-state index is 11.2. The highest BCUT2D eigenvalue weighted by molar-refractivity contribution is 5.90. The summed E-state index contributed by atoms with van der Waals surface area (Å²) in [6, 6.07) is 7.61. The first kappa shape index (κ1) is 14.8. The molecule has 1 aliphatic carbocycles. The zero-order chi connectivity index (χ0) is 16.7. The van der Waals surface area contributed by atoms with Crippen LogP contribution < -0.4 is 11.1 Å². The Balaban J connectivity index is 1.78. The summed E-state index contributed by atoms with van der Waals surface area (Å²) < 4.78 is 1.74. The fourth-order valence-corrected chi connectivity index (χ4v) is 2.98. The topological polar surface area (TPSA) is 98.7 Å². The number of aromatic nitrogens is 4. The van der Waals surface area contributed by atoms with Gasteiger partial charge >= 0.3 is 0 Å². The summed E-state index contributed by atoms with van der Waals surface area (Å²) in [6.07, 6.45) is 6.47. The van der Waals surface area contributed by atoms with Gasteiger partial charge in [0.2, 0.25) is 5.91 Å². The molecule has 7 nitrogen and oxygen atoms in total. The summed E-state index contributed by atoms with van der Waals surface area (Å²) in [7, 11) is 0. The molecule has 1 aliphatic rings. The summed E-state index contributed by atoms with van der Waals surface area (Å²) >= 11 is 0. The summed E-state index contributed by atoms with van der Waals surface area (Å²) in [4.78, 5) is 20.2. The van der Waals surface area contributed by atoms with Crippen LogP contribution in [-0.4, -0.2) is 25.7 Å². The number of carbonyl (C=O) groups is 1. The first-order valence-corrected chi connectivity index (χ1v) is 7.93. The number of nitrogens with zero attached hydrogens (tertiary/aromatic N) is 4. The Hall–Kier alpha value is -2.80. The van der Waals surface area contributed by atoms with Crippen molar-refractivity contribution in [1.82, 2.24) is 19.7 Å².